The number of anilines is 4. The zero-order valence-corrected chi connectivity index (χ0v) is 28.0. The van der Waals surface area contributed by atoms with Crippen LogP contribution in [0.5, 0.6) is 0 Å². The van der Waals surface area contributed by atoms with Crippen molar-refractivity contribution in [1.82, 2.24) is 0 Å². The number of hydrogen-bond acceptors (Lipinski definition) is 3. The fraction of sp³-hybridized carbons (Fsp3) is 0.625. The van der Waals surface area contributed by atoms with E-state index in [1.807, 2.05) is 0 Å². The first kappa shape index (κ1) is 32.3. The molecule has 0 aliphatic carbocycles. The molecule has 0 unspecified atom stereocenters. The van der Waals surface area contributed by atoms with E-state index in [1.54, 1.807) is 0 Å². The molecule has 0 bridgehead atoms. The van der Waals surface area contributed by atoms with E-state index in [0.29, 0.717) is 15.0 Å². The Morgan fingerprint density at radius 3 is 1.22 bits per heavy atom. The maximum absolute atomic E-state index is 3.76. The van der Waals surface area contributed by atoms with Gasteiger partial charge in [-0.2, -0.15) is 0 Å². The fourth-order valence-electron chi connectivity index (χ4n) is 5.01. The van der Waals surface area contributed by atoms with E-state index >= 15 is 0 Å². The van der Waals surface area contributed by atoms with Gasteiger partial charge >= 0.3 is 229 Å². The predicted octanol–water partition coefficient (Wildman–Crippen LogP) is 8.39. The van der Waals surface area contributed by atoms with Gasteiger partial charge in [-0.05, 0) is 0 Å². The van der Waals surface area contributed by atoms with Crippen molar-refractivity contribution in [1.29, 1.82) is 0 Å². The van der Waals surface area contributed by atoms with Crippen molar-refractivity contribution in [2.45, 2.75) is 105 Å². The second-order valence-corrected chi connectivity index (χ2v) is 12.7. The van der Waals surface area contributed by atoms with Crippen LogP contribution >= 0.6 is 24.0 Å². The quantitative estimate of drug-likeness (QED) is 0.0826. The van der Waals surface area contributed by atoms with Crippen LogP contribution in [0.2, 0.25) is 0 Å². The van der Waals surface area contributed by atoms with Crippen LogP contribution in [0.15, 0.2) is 36.4 Å². The van der Waals surface area contributed by atoms with Crippen molar-refractivity contribution in [3.63, 3.8) is 0 Å². The van der Waals surface area contributed by atoms with Crippen molar-refractivity contribution in [2.24, 2.45) is 0 Å². The number of hydrogen-bond donors (Lipinski definition) is 1. The summed E-state index contributed by atoms with van der Waals surface area (Å²) < 4.78 is 3.01. The number of nitrogens with zero attached hydrogens (tertiary/aromatic N) is 2. The van der Waals surface area contributed by atoms with Gasteiger partial charge in [0.25, 0.3) is 0 Å². The molecular formula is C32H52IN3Se. The third-order valence-corrected chi connectivity index (χ3v) is 9.62. The summed E-state index contributed by atoms with van der Waals surface area (Å²) in [5.74, 6) is 0. The molecule has 1 N–H and O–H groups in total. The summed E-state index contributed by atoms with van der Waals surface area (Å²) in [6, 6.07) is 14.4. The van der Waals surface area contributed by atoms with Crippen LogP contribution in [0.4, 0.5) is 22.7 Å². The molecule has 1 heterocycles. The van der Waals surface area contributed by atoms with Crippen molar-refractivity contribution >= 4 is 70.6 Å². The zero-order valence-electron chi connectivity index (χ0n) is 24.0. The monoisotopic (exact) mass is 685 g/mol. The number of unbranched alkanes of at least 4 members (excludes halogenated alkanes) is 8. The first-order chi connectivity index (χ1) is 17.7. The standard InChI is InChI=1S/C32H51N3Se.HI/c1-5-9-13-21-34(22-14-10-6-2)27-17-19-29-31(25-27)36-32-26-28(18-20-30(32)33-29)35(23-15-11-7-3)24-16-12-8-4;/h17-20,25-26,33H,5-16,21-24H2,1-4H3;1H. The third kappa shape index (κ3) is 10.3. The first-order valence-electron chi connectivity index (χ1n) is 14.9. The predicted molar refractivity (Wildman–Crippen MR) is 179 cm³/mol. The molecule has 0 radical (unpaired) electrons. The minimum Gasteiger partial charge on any atom is -0.107 e. The van der Waals surface area contributed by atoms with Crippen molar-refractivity contribution in [3.8, 4) is 0 Å². The van der Waals surface area contributed by atoms with Gasteiger partial charge in [-0.3, -0.25) is 0 Å². The molecule has 0 saturated carbocycles. The molecule has 1 aliphatic heterocycles. The molecule has 3 rings (SSSR count). The molecule has 0 atom stereocenters. The van der Waals surface area contributed by atoms with Crippen LogP contribution < -0.4 is 24.0 Å². The topological polar surface area (TPSA) is 18.5 Å². The van der Waals surface area contributed by atoms with Crippen LogP contribution in [0.1, 0.15) is 105 Å². The van der Waals surface area contributed by atoms with Gasteiger partial charge in [-0.1, -0.05) is 0 Å². The zero-order chi connectivity index (χ0) is 25.6. The van der Waals surface area contributed by atoms with Gasteiger partial charge in [0.15, 0.2) is 0 Å². The van der Waals surface area contributed by atoms with E-state index in [1.165, 1.54) is 135 Å². The summed E-state index contributed by atoms with van der Waals surface area (Å²) in [6.07, 6.45) is 15.6. The molecule has 2 aromatic carbocycles. The smallest absolute Gasteiger partial charge is 0.107 e. The third-order valence-electron chi connectivity index (χ3n) is 7.28. The maximum Gasteiger partial charge on any atom is -0.107 e. The largest absolute Gasteiger partial charge is 0.107 e. The van der Waals surface area contributed by atoms with Crippen LogP contribution in [0.25, 0.3) is 0 Å². The normalized spacial score (nSPS) is 11.8. The number of fused-ring (bicyclic) bond motifs is 2. The second-order valence-electron chi connectivity index (χ2n) is 10.4. The Morgan fingerprint density at radius 1 is 0.541 bits per heavy atom. The Hall–Kier alpha value is -0.911. The van der Waals surface area contributed by atoms with Gasteiger partial charge in [-0.15, -0.1) is 24.0 Å². The van der Waals surface area contributed by atoms with Gasteiger partial charge in [0, 0.05) is 0 Å². The minimum atomic E-state index is 0. The van der Waals surface area contributed by atoms with E-state index in [4.69, 9.17) is 0 Å². The summed E-state index contributed by atoms with van der Waals surface area (Å²) in [5, 5.41) is 3.76. The SMILES string of the molecule is CCCCCN(CCCCC)c1ccc2c(c1)[Se]c1cc(N(CCCCC)CCCCC)ccc1N2.I. The number of benzene rings is 2. The van der Waals surface area contributed by atoms with Crippen molar-refractivity contribution < 1.29 is 0 Å². The maximum atomic E-state index is 3.76. The Labute approximate surface area is 251 Å². The van der Waals surface area contributed by atoms with E-state index in [9.17, 15) is 0 Å². The molecule has 0 fully saturated rings. The fourth-order valence-corrected chi connectivity index (χ4v) is 7.22. The minimum absolute atomic E-state index is 0. The van der Waals surface area contributed by atoms with Gasteiger partial charge in [0.05, 0.1) is 0 Å². The van der Waals surface area contributed by atoms with Gasteiger partial charge in [-0.25, -0.2) is 0 Å². The molecule has 0 aromatic heterocycles. The van der Waals surface area contributed by atoms with Crippen LogP contribution in [0.3, 0.4) is 0 Å². The molecule has 0 amide bonds. The van der Waals surface area contributed by atoms with E-state index in [-0.39, 0.29) is 24.0 Å². The molecule has 0 spiro atoms. The average Bonchev–Trinajstić information content (AvgIpc) is 2.90. The van der Waals surface area contributed by atoms with Gasteiger partial charge in [0.2, 0.25) is 0 Å². The Kier molecular flexibility index (Phi) is 16.1. The van der Waals surface area contributed by atoms with Gasteiger partial charge < -0.3 is 0 Å². The summed E-state index contributed by atoms with van der Waals surface area (Å²) >= 11 is 0.332. The molecule has 0 saturated heterocycles. The molecule has 208 valence electrons. The van der Waals surface area contributed by atoms with Crippen LogP contribution in [-0.2, 0) is 0 Å². The number of halogens is 1. The first-order valence-corrected chi connectivity index (χ1v) is 16.6. The van der Waals surface area contributed by atoms with Crippen LogP contribution in [-0.4, -0.2) is 41.1 Å². The summed E-state index contributed by atoms with van der Waals surface area (Å²) in [7, 11) is 0. The Balaban J connectivity index is 0.00000481. The molecule has 2 aromatic rings. The van der Waals surface area contributed by atoms with Crippen molar-refractivity contribution in [3.05, 3.63) is 36.4 Å². The van der Waals surface area contributed by atoms with Crippen molar-refractivity contribution in [2.75, 3.05) is 41.3 Å². The second kappa shape index (κ2) is 18.4. The Bertz CT molecular complexity index is 812. The van der Waals surface area contributed by atoms with E-state index < -0.39 is 0 Å². The van der Waals surface area contributed by atoms with E-state index in [0.717, 1.165) is 0 Å². The summed E-state index contributed by atoms with van der Waals surface area (Å²) in [4.78, 5) is 5.30. The van der Waals surface area contributed by atoms with E-state index in [2.05, 4.69) is 79.2 Å². The Morgan fingerprint density at radius 2 is 0.892 bits per heavy atom. The average molecular weight is 685 g/mol. The number of nitrogens with one attached hydrogen (secondary N) is 1. The van der Waals surface area contributed by atoms with Gasteiger partial charge in [0.1, 0.15) is 0 Å². The number of rotatable bonds is 18. The summed E-state index contributed by atoms with van der Waals surface area (Å²) in [5.41, 5.74) is 5.46. The van der Waals surface area contributed by atoms with Crippen LogP contribution in [0, 0.1) is 0 Å². The molecule has 5 heteroatoms. The molecule has 1 aliphatic rings. The molecular weight excluding hydrogens is 632 g/mol. The summed E-state index contributed by atoms with van der Waals surface area (Å²) in [6.45, 7) is 13.9. The molecule has 3 nitrogen and oxygen atoms in total. The molecule has 37 heavy (non-hydrogen) atoms.